The summed E-state index contributed by atoms with van der Waals surface area (Å²) in [5.41, 5.74) is 5.58. The number of anilines is 1. The molecular formula is C30H31N3O3S2. The molecule has 3 heterocycles. The number of amides is 2. The monoisotopic (exact) mass is 545 g/mol. The number of benzene rings is 2. The fourth-order valence-electron chi connectivity index (χ4n) is 5.63. The number of ether oxygens (including phenoxy) is 2. The average Bonchev–Trinajstić information content (AvgIpc) is 3.55. The predicted octanol–water partition coefficient (Wildman–Crippen LogP) is 7.29. The van der Waals surface area contributed by atoms with E-state index in [1.54, 1.807) is 32.0 Å². The molecule has 0 radical (unpaired) electrons. The molecule has 6 rings (SSSR count). The summed E-state index contributed by atoms with van der Waals surface area (Å²) >= 11 is 3.62. The summed E-state index contributed by atoms with van der Waals surface area (Å²) in [5.74, 6) is 1.20. The summed E-state index contributed by atoms with van der Waals surface area (Å²) in [7, 11) is 3.20. The van der Waals surface area contributed by atoms with Crippen molar-refractivity contribution in [3.8, 4) is 16.5 Å². The van der Waals surface area contributed by atoms with Crippen LogP contribution in [-0.4, -0.2) is 36.0 Å². The lowest BCUT2D eigenvalue weighted by Crippen LogP contribution is -2.38. The molecule has 0 saturated heterocycles. The van der Waals surface area contributed by atoms with E-state index in [4.69, 9.17) is 9.47 Å². The van der Waals surface area contributed by atoms with E-state index < -0.39 is 0 Å². The van der Waals surface area contributed by atoms with E-state index in [-0.39, 0.29) is 12.1 Å². The van der Waals surface area contributed by atoms with Crippen molar-refractivity contribution in [1.29, 1.82) is 0 Å². The highest BCUT2D eigenvalue weighted by molar-refractivity contribution is 7.98. The number of aromatic nitrogens is 1. The van der Waals surface area contributed by atoms with Crippen LogP contribution in [-0.2, 0) is 19.4 Å². The highest BCUT2D eigenvalue weighted by Gasteiger charge is 2.36. The lowest BCUT2D eigenvalue weighted by Gasteiger charge is -2.31. The quantitative estimate of drug-likeness (QED) is 0.268. The number of methoxy groups -OCH3 is 2. The first-order valence-corrected chi connectivity index (χ1v) is 14.9. The minimum Gasteiger partial charge on any atom is -0.493 e. The van der Waals surface area contributed by atoms with Crippen LogP contribution in [0.1, 0.15) is 46.1 Å². The first kappa shape index (κ1) is 24.9. The number of fused-ring (bicyclic) bond motifs is 5. The molecule has 8 heteroatoms. The molecule has 1 N–H and O–H groups in total. The van der Waals surface area contributed by atoms with Crippen molar-refractivity contribution in [2.45, 2.75) is 43.2 Å². The Morgan fingerprint density at radius 1 is 1.00 bits per heavy atom. The van der Waals surface area contributed by atoms with Gasteiger partial charge in [-0.3, -0.25) is 0 Å². The number of carbonyl (C=O) groups is 1. The molecule has 1 unspecified atom stereocenters. The summed E-state index contributed by atoms with van der Waals surface area (Å²) in [4.78, 5) is 18.8. The van der Waals surface area contributed by atoms with E-state index in [1.165, 1.54) is 38.7 Å². The first-order chi connectivity index (χ1) is 18.6. The fourth-order valence-corrected chi connectivity index (χ4v) is 7.44. The molecule has 2 amide bonds. The van der Waals surface area contributed by atoms with Crippen LogP contribution >= 0.6 is 23.1 Å². The third-order valence-corrected chi connectivity index (χ3v) is 9.58. The molecule has 0 fully saturated rings. The Morgan fingerprint density at radius 2 is 1.79 bits per heavy atom. The molecule has 6 nitrogen and oxygen atoms in total. The molecule has 1 aliphatic carbocycles. The van der Waals surface area contributed by atoms with Gasteiger partial charge >= 0.3 is 6.03 Å². The van der Waals surface area contributed by atoms with Crippen molar-refractivity contribution in [2.24, 2.45) is 0 Å². The smallest absolute Gasteiger partial charge is 0.322 e. The van der Waals surface area contributed by atoms with Crippen LogP contribution in [0.15, 0.2) is 65.7 Å². The SMILES string of the molecule is COc1ccc(NC(=O)N2Cc3c(sc4c3CCCC4)-n3cccc3C2c2ccc(SC)cc2)cc1OC. The Balaban J connectivity index is 1.45. The maximum Gasteiger partial charge on any atom is 0.322 e. The zero-order chi connectivity index (χ0) is 26.2. The van der Waals surface area contributed by atoms with Crippen LogP contribution in [0.25, 0.3) is 5.00 Å². The largest absolute Gasteiger partial charge is 0.493 e. The third-order valence-electron chi connectivity index (χ3n) is 7.51. The first-order valence-electron chi connectivity index (χ1n) is 12.9. The Bertz CT molecular complexity index is 1470. The number of thioether (sulfide) groups is 1. The summed E-state index contributed by atoms with van der Waals surface area (Å²) in [6.07, 6.45) is 8.87. The summed E-state index contributed by atoms with van der Waals surface area (Å²) in [6, 6.07) is 17.9. The van der Waals surface area contributed by atoms with E-state index in [9.17, 15) is 4.79 Å². The second-order valence-corrected chi connectivity index (χ2v) is 11.6. The van der Waals surface area contributed by atoms with Gasteiger partial charge in [0.25, 0.3) is 0 Å². The van der Waals surface area contributed by atoms with Crippen LogP contribution in [0, 0.1) is 0 Å². The lowest BCUT2D eigenvalue weighted by atomic mass is 9.95. The topological polar surface area (TPSA) is 55.7 Å². The van der Waals surface area contributed by atoms with Crippen molar-refractivity contribution in [1.82, 2.24) is 9.47 Å². The maximum atomic E-state index is 14.1. The summed E-state index contributed by atoms with van der Waals surface area (Å²) < 4.78 is 13.2. The molecule has 1 atom stereocenters. The second kappa shape index (κ2) is 10.4. The molecule has 38 heavy (non-hydrogen) atoms. The highest BCUT2D eigenvalue weighted by Crippen LogP contribution is 2.44. The van der Waals surface area contributed by atoms with E-state index >= 15 is 0 Å². The van der Waals surface area contributed by atoms with Gasteiger partial charge in [-0.15, -0.1) is 23.1 Å². The number of nitrogens with one attached hydrogen (secondary N) is 1. The number of urea groups is 1. The molecule has 0 spiro atoms. The highest BCUT2D eigenvalue weighted by atomic mass is 32.2. The van der Waals surface area contributed by atoms with Crippen molar-refractivity contribution >= 4 is 34.8 Å². The van der Waals surface area contributed by atoms with Gasteiger partial charge in [0.2, 0.25) is 0 Å². The van der Waals surface area contributed by atoms with Crippen LogP contribution in [0.3, 0.4) is 0 Å². The number of thiophene rings is 1. The average molecular weight is 546 g/mol. The molecule has 4 aromatic rings. The van der Waals surface area contributed by atoms with Crippen molar-refractivity contribution in [3.05, 3.63) is 88.1 Å². The molecule has 0 saturated carbocycles. The van der Waals surface area contributed by atoms with Gasteiger partial charge in [-0.25, -0.2) is 4.79 Å². The number of carbonyl (C=O) groups excluding carboxylic acids is 1. The van der Waals surface area contributed by atoms with Gasteiger partial charge in [0, 0.05) is 33.3 Å². The van der Waals surface area contributed by atoms with Gasteiger partial charge in [0.1, 0.15) is 5.00 Å². The number of hydrogen-bond acceptors (Lipinski definition) is 5. The van der Waals surface area contributed by atoms with Crippen LogP contribution in [0.2, 0.25) is 0 Å². The van der Waals surface area contributed by atoms with Crippen molar-refractivity contribution in [2.75, 3.05) is 25.8 Å². The molecule has 1 aliphatic heterocycles. The predicted molar refractivity (Wildman–Crippen MR) is 154 cm³/mol. The normalized spacial score (nSPS) is 16.2. The molecule has 2 aromatic carbocycles. The number of nitrogens with zero attached hydrogens (tertiary/aromatic N) is 2. The van der Waals surface area contributed by atoms with E-state index in [0.29, 0.717) is 23.7 Å². The number of aryl methyl sites for hydroxylation is 1. The van der Waals surface area contributed by atoms with Gasteiger partial charge in [-0.2, -0.15) is 0 Å². The van der Waals surface area contributed by atoms with E-state index in [0.717, 1.165) is 24.1 Å². The maximum absolute atomic E-state index is 14.1. The number of rotatable bonds is 5. The van der Waals surface area contributed by atoms with Gasteiger partial charge < -0.3 is 24.3 Å². The molecular weight excluding hydrogens is 514 g/mol. The Labute approximate surface area is 231 Å². The summed E-state index contributed by atoms with van der Waals surface area (Å²) in [6.45, 7) is 0.552. The minimum atomic E-state index is -0.236. The van der Waals surface area contributed by atoms with E-state index in [2.05, 4.69) is 58.7 Å². The second-order valence-electron chi connectivity index (χ2n) is 9.60. The molecule has 2 aliphatic rings. The zero-order valence-electron chi connectivity index (χ0n) is 21.8. The summed E-state index contributed by atoms with van der Waals surface area (Å²) in [5, 5.41) is 4.41. The zero-order valence-corrected chi connectivity index (χ0v) is 23.5. The van der Waals surface area contributed by atoms with Gasteiger partial charge in [0.05, 0.1) is 32.5 Å². The van der Waals surface area contributed by atoms with Crippen LogP contribution in [0.4, 0.5) is 10.5 Å². The molecule has 2 aromatic heterocycles. The Morgan fingerprint density at radius 3 is 2.55 bits per heavy atom. The molecule has 196 valence electrons. The van der Waals surface area contributed by atoms with Gasteiger partial charge in [-0.05, 0) is 79.5 Å². The molecule has 0 bridgehead atoms. The minimum absolute atomic E-state index is 0.146. The number of hydrogen-bond donors (Lipinski definition) is 1. The van der Waals surface area contributed by atoms with Crippen LogP contribution in [0.5, 0.6) is 11.5 Å². The van der Waals surface area contributed by atoms with E-state index in [1.807, 2.05) is 28.4 Å². The Hall–Kier alpha value is -3.36. The standard InChI is InChI=1S/C30H31N3O3S2/c1-35-25-15-12-20(17-26(25)36-2)31-30(34)33-18-23-22-7-4-5-9-27(22)38-29(23)32-16-6-8-24(32)28(33)19-10-13-21(37-3)14-11-19/h6,8,10-17,28H,4-5,7,9,18H2,1-3H3,(H,31,34). The van der Waals surface area contributed by atoms with Crippen LogP contribution < -0.4 is 14.8 Å². The third kappa shape index (κ3) is 4.35. The Kier molecular flexibility index (Phi) is 6.84. The van der Waals surface area contributed by atoms with Crippen molar-refractivity contribution in [3.63, 3.8) is 0 Å². The lowest BCUT2D eigenvalue weighted by molar-refractivity contribution is 0.194. The van der Waals surface area contributed by atoms with Gasteiger partial charge in [0.15, 0.2) is 11.5 Å². The fraction of sp³-hybridized carbons (Fsp3) is 0.300. The van der Waals surface area contributed by atoms with Crippen molar-refractivity contribution < 1.29 is 14.3 Å². The van der Waals surface area contributed by atoms with Gasteiger partial charge in [-0.1, -0.05) is 12.1 Å².